The second kappa shape index (κ2) is 5.00. The number of ether oxygens (including phenoxy) is 2. The lowest BCUT2D eigenvalue weighted by Crippen LogP contribution is -2.35. The van der Waals surface area contributed by atoms with Crippen LogP contribution in [-0.4, -0.2) is 24.4 Å². The van der Waals surface area contributed by atoms with Gasteiger partial charge >= 0.3 is 0 Å². The normalized spacial score (nSPS) is 17.2. The molecule has 1 aromatic rings. The number of ketones is 1. The Hall–Kier alpha value is -2.72. The number of halogens is 1. The highest BCUT2D eigenvalue weighted by Gasteiger charge is 2.28. The second-order valence-corrected chi connectivity index (χ2v) is 4.52. The summed E-state index contributed by atoms with van der Waals surface area (Å²) in [5.74, 6) is -0.413. The largest absolute Gasteiger partial charge is 0.454 e. The molecule has 0 aromatic heterocycles. The van der Waals surface area contributed by atoms with Gasteiger partial charge in [0.25, 0.3) is 5.91 Å². The second-order valence-electron chi connectivity index (χ2n) is 4.25. The number of amides is 1. The summed E-state index contributed by atoms with van der Waals surface area (Å²) >= 11 is 5.45. The number of nitrogens with one attached hydrogen (secondary N) is 2. The number of alkyl halides is 1. The highest BCUT2D eigenvalue weighted by atomic mass is 35.5. The number of carbonyl (C=O) groups excluding carboxylic acids is 2. The number of rotatable bonds is 2. The zero-order valence-corrected chi connectivity index (χ0v) is 11.3. The van der Waals surface area contributed by atoms with E-state index in [-0.39, 0.29) is 24.1 Å². The van der Waals surface area contributed by atoms with Gasteiger partial charge in [-0.25, -0.2) is 0 Å². The monoisotopic (exact) mass is 305 g/mol. The van der Waals surface area contributed by atoms with Crippen LogP contribution < -0.4 is 20.1 Å². The Kier molecular flexibility index (Phi) is 3.16. The lowest BCUT2D eigenvalue weighted by Gasteiger charge is -2.22. The third-order valence-electron chi connectivity index (χ3n) is 3.02. The molecular formula is C13H8ClN3O4. The molecule has 0 aliphatic carbocycles. The minimum atomic E-state index is -0.578. The highest BCUT2D eigenvalue weighted by molar-refractivity contribution is 6.31. The van der Waals surface area contributed by atoms with Crippen LogP contribution in [0.25, 0.3) is 0 Å². The number of nitriles is 1. The van der Waals surface area contributed by atoms with Crippen molar-refractivity contribution in [1.82, 2.24) is 5.32 Å². The van der Waals surface area contributed by atoms with Crippen LogP contribution in [0.2, 0.25) is 0 Å². The minimum Gasteiger partial charge on any atom is -0.454 e. The zero-order valence-electron chi connectivity index (χ0n) is 10.5. The third kappa shape index (κ3) is 2.15. The van der Waals surface area contributed by atoms with E-state index in [0.717, 1.165) is 0 Å². The maximum atomic E-state index is 12.1. The van der Waals surface area contributed by atoms with Crippen molar-refractivity contribution in [2.24, 2.45) is 0 Å². The van der Waals surface area contributed by atoms with Crippen LogP contribution in [0.4, 0.5) is 5.69 Å². The van der Waals surface area contributed by atoms with Gasteiger partial charge in [-0.15, -0.1) is 11.6 Å². The number of hydrogen-bond donors (Lipinski definition) is 2. The van der Waals surface area contributed by atoms with E-state index in [0.29, 0.717) is 22.7 Å². The summed E-state index contributed by atoms with van der Waals surface area (Å²) in [6.45, 7) is 0.0801. The first-order valence-electron chi connectivity index (χ1n) is 5.89. The van der Waals surface area contributed by atoms with Crippen LogP contribution in [0.15, 0.2) is 23.5 Å². The van der Waals surface area contributed by atoms with Crippen molar-refractivity contribution >= 4 is 29.0 Å². The Balaban J connectivity index is 2.07. The molecule has 0 bridgehead atoms. The minimum absolute atomic E-state index is 0.0134. The fourth-order valence-electron chi connectivity index (χ4n) is 2.03. The van der Waals surface area contributed by atoms with E-state index < -0.39 is 11.7 Å². The number of Topliss-reactive ketones (excluding diaryl/α,β-unsaturated/α-hetero) is 1. The van der Waals surface area contributed by atoms with Crippen molar-refractivity contribution in [1.29, 1.82) is 5.26 Å². The van der Waals surface area contributed by atoms with Gasteiger partial charge in [-0.05, 0) is 6.07 Å². The van der Waals surface area contributed by atoms with E-state index in [1.165, 1.54) is 6.07 Å². The van der Waals surface area contributed by atoms with Crippen molar-refractivity contribution in [2.75, 3.05) is 18.0 Å². The predicted octanol–water partition coefficient (Wildman–Crippen LogP) is 1.11. The van der Waals surface area contributed by atoms with Gasteiger partial charge in [-0.1, -0.05) is 0 Å². The average Bonchev–Trinajstić information content (AvgIpc) is 2.93. The highest BCUT2D eigenvalue weighted by Crippen LogP contribution is 2.38. The third-order valence-corrected chi connectivity index (χ3v) is 3.26. The molecule has 2 aliphatic rings. The summed E-state index contributed by atoms with van der Waals surface area (Å²) in [4.78, 5) is 23.7. The fourth-order valence-corrected chi connectivity index (χ4v) is 2.16. The van der Waals surface area contributed by atoms with Gasteiger partial charge in [0.05, 0.1) is 17.1 Å². The van der Waals surface area contributed by atoms with Gasteiger partial charge in [0.2, 0.25) is 6.79 Å². The molecule has 1 aromatic carbocycles. The first-order valence-corrected chi connectivity index (χ1v) is 6.43. The smallest absolute Gasteiger partial charge is 0.259 e. The molecule has 106 valence electrons. The fraction of sp³-hybridized carbons (Fsp3) is 0.154. The molecule has 2 aliphatic heterocycles. The molecule has 0 spiro atoms. The van der Waals surface area contributed by atoms with Crippen molar-refractivity contribution < 1.29 is 19.1 Å². The van der Waals surface area contributed by atoms with Crippen LogP contribution in [0.5, 0.6) is 11.5 Å². The standard InChI is InChI=1S/C13H8ClN3O4/c14-3-9(18)7(4-15)12-16-8-2-11-10(20-5-21-11)1-6(8)13(19)17-12/h1-2,16H,3,5H2,(H,17,19)/b12-7-. The molecule has 0 radical (unpaired) electrons. The maximum absolute atomic E-state index is 12.1. The van der Waals surface area contributed by atoms with Crippen LogP contribution in [0.3, 0.4) is 0 Å². The van der Waals surface area contributed by atoms with E-state index in [4.69, 9.17) is 26.3 Å². The first kappa shape index (κ1) is 13.3. The molecule has 0 fully saturated rings. The maximum Gasteiger partial charge on any atom is 0.259 e. The number of hydrogen-bond acceptors (Lipinski definition) is 6. The summed E-state index contributed by atoms with van der Waals surface area (Å²) in [7, 11) is 0. The van der Waals surface area contributed by atoms with Crippen molar-refractivity contribution in [2.45, 2.75) is 0 Å². The Morgan fingerprint density at radius 3 is 2.71 bits per heavy atom. The molecule has 2 N–H and O–H groups in total. The lowest BCUT2D eigenvalue weighted by molar-refractivity contribution is -0.113. The summed E-state index contributed by atoms with van der Waals surface area (Å²) in [5.41, 5.74) is 0.522. The molecule has 8 heteroatoms. The van der Waals surface area contributed by atoms with Crippen molar-refractivity contribution in [3.05, 3.63) is 29.1 Å². The number of nitrogens with zero attached hydrogens (tertiary/aromatic N) is 1. The predicted molar refractivity (Wildman–Crippen MR) is 72.0 cm³/mol. The van der Waals surface area contributed by atoms with Crippen LogP contribution >= 0.6 is 11.6 Å². The average molecular weight is 306 g/mol. The Bertz CT molecular complexity index is 736. The van der Waals surface area contributed by atoms with Crippen molar-refractivity contribution in [3.63, 3.8) is 0 Å². The molecule has 21 heavy (non-hydrogen) atoms. The van der Waals surface area contributed by atoms with Gasteiger partial charge in [0, 0.05) is 6.07 Å². The molecule has 0 saturated heterocycles. The zero-order chi connectivity index (χ0) is 15.0. The van der Waals surface area contributed by atoms with Gasteiger partial charge < -0.3 is 20.1 Å². The van der Waals surface area contributed by atoms with Crippen LogP contribution in [0, 0.1) is 11.3 Å². The number of fused-ring (bicyclic) bond motifs is 2. The summed E-state index contributed by atoms with van der Waals surface area (Å²) in [6.07, 6.45) is 0. The van der Waals surface area contributed by atoms with Crippen LogP contribution in [-0.2, 0) is 4.79 Å². The van der Waals surface area contributed by atoms with E-state index >= 15 is 0 Å². The molecule has 0 atom stereocenters. The van der Waals surface area contributed by atoms with Gasteiger partial charge in [-0.3, -0.25) is 9.59 Å². The number of allylic oxidation sites excluding steroid dienone is 1. The molecule has 7 nitrogen and oxygen atoms in total. The van der Waals surface area contributed by atoms with E-state index in [1.54, 1.807) is 12.1 Å². The molecule has 0 saturated carbocycles. The number of benzene rings is 1. The van der Waals surface area contributed by atoms with Gasteiger partial charge in [0.15, 0.2) is 17.3 Å². The molecule has 1 amide bonds. The summed E-state index contributed by atoms with van der Waals surface area (Å²) < 4.78 is 10.4. The topological polar surface area (TPSA) is 100 Å². The molecule has 0 unspecified atom stereocenters. The summed E-state index contributed by atoms with van der Waals surface area (Å²) in [5, 5.41) is 14.3. The molecule has 3 rings (SSSR count). The molecular weight excluding hydrogens is 298 g/mol. The van der Waals surface area contributed by atoms with Crippen LogP contribution in [0.1, 0.15) is 10.4 Å². The van der Waals surface area contributed by atoms with Gasteiger partial charge in [-0.2, -0.15) is 5.26 Å². The summed E-state index contributed by atoms with van der Waals surface area (Å²) in [6, 6.07) is 4.85. The van der Waals surface area contributed by atoms with Gasteiger partial charge in [0.1, 0.15) is 17.5 Å². The Morgan fingerprint density at radius 1 is 1.33 bits per heavy atom. The number of carbonyl (C=O) groups is 2. The molecule has 2 heterocycles. The lowest BCUT2D eigenvalue weighted by atomic mass is 10.1. The number of anilines is 1. The van der Waals surface area contributed by atoms with Crippen molar-refractivity contribution in [3.8, 4) is 17.6 Å². The first-order chi connectivity index (χ1) is 10.1. The van der Waals surface area contributed by atoms with E-state index in [9.17, 15) is 9.59 Å². The Labute approximate surface area is 124 Å². The van der Waals surface area contributed by atoms with E-state index in [1.807, 2.05) is 0 Å². The Morgan fingerprint density at radius 2 is 2.05 bits per heavy atom. The quantitative estimate of drug-likeness (QED) is 0.482. The SMILES string of the molecule is N#C/C(C(=O)CCl)=C1/NC(=O)c2cc3c(cc2N1)OCO3. The van der Waals surface area contributed by atoms with E-state index in [2.05, 4.69) is 10.6 Å².